The molecule has 21 heavy (non-hydrogen) atoms. The number of carbonyl (C=O) groups excluding carboxylic acids is 2. The summed E-state index contributed by atoms with van der Waals surface area (Å²) in [4.78, 5) is 34.7. The van der Waals surface area contributed by atoms with Crippen LogP contribution in [0.4, 0.5) is 5.69 Å². The number of fused-ring (bicyclic) bond motifs is 1. The number of anilines is 1. The minimum absolute atomic E-state index is 0. The van der Waals surface area contributed by atoms with E-state index in [2.05, 4.69) is 0 Å². The second-order valence-corrected chi connectivity index (χ2v) is 5.59. The fraction of sp³-hybridized carbons (Fsp3) is 0.182. The summed E-state index contributed by atoms with van der Waals surface area (Å²) < 4.78 is 30.9. The minimum Gasteiger partial charge on any atom is -1.00 e. The zero-order valence-corrected chi connectivity index (χ0v) is 13.9. The SMILES string of the molecule is CC(C(=O)O)N1C(=O)C(=O)c2cc(S(=O)(=O)O)ccc21.[H-].[Na+]. The van der Waals surface area contributed by atoms with E-state index in [0.29, 0.717) is 0 Å². The summed E-state index contributed by atoms with van der Waals surface area (Å²) >= 11 is 0. The smallest absolute Gasteiger partial charge is 1.00 e. The van der Waals surface area contributed by atoms with Crippen molar-refractivity contribution >= 4 is 33.5 Å². The summed E-state index contributed by atoms with van der Waals surface area (Å²) in [5.41, 5.74) is -0.250. The monoisotopic (exact) mass is 323 g/mol. The Hall–Kier alpha value is -1.26. The third-order valence-electron chi connectivity index (χ3n) is 2.93. The van der Waals surface area contributed by atoms with Gasteiger partial charge < -0.3 is 6.53 Å². The van der Waals surface area contributed by atoms with Crippen LogP contribution in [0.2, 0.25) is 0 Å². The minimum atomic E-state index is -4.52. The van der Waals surface area contributed by atoms with Crippen LogP contribution in [-0.4, -0.2) is 41.8 Å². The Morgan fingerprint density at radius 2 is 1.90 bits per heavy atom. The Bertz CT molecular complexity index is 749. The zero-order chi connectivity index (χ0) is 15.2. The van der Waals surface area contributed by atoms with Gasteiger partial charge in [-0.05, 0) is 25.1 Å². The van der Waals surface area contributed by atoms with Gasteiger partial charge in [-0.1, -0.05) is 0 Å². The number of carboxylic acids is 1. The van der Waals surface area contributed by atoms with Crippen molar-refractivity contribution in [2.24, 2.45) is 0 Å². The van der Waals surface area contributed by atoms with Gasteiger partial charge in [-0.3, -0.25) is 19.0 Å². The van der Waals surface area contributed by atoms with Crippen LogP contribution in [0, 0.1) is 0 Å². The van der Waals surface area contributed by atoms with E-state index in [1.54, 1.807) is 0 Å². The van der Waals surface area contributed by atoms with Crippen molar-refractivity contribution < 1.29 is 63.4 Å². The van der Waals surface area contributed by atoms with Crippen LogP contribution in [0.3, 0.4) is 0 Å². The standard InChI is InChI=1S/C11H9NO7S.Na.H/c1-5(11(15)16)12-8-3-2-6(20(17,18)19)4-7(8)9(13)10(12)14;;/h2-5H,1H3,(H,15,16)(H,17,18,19);;/q;+1;-1. The second-order valence-electron chi connectivity index (χ2n) is 4.17. The molecule has 1 aromatic carbocycles. The molecule has 1 aliphatic heterocycles. The van der Waals surface area contributed by atoms with Gasteiger partial charge in [0.25, 0.3) is 21.8 Å². The van der Waals surface area contributed by atoms with Crippen molar-refractivity contribution in [3.8, 4) is 0 Å². The van der Waals surface area contributed by atoms with E-state index in [9.17, 15) is 22.8 Å². The average Bonchev–Trinajstić information content (AvgIpc) is 2.60. The van der Waals surface area contributed by atoms with E-state index < -0.39 is 38.7 Å². The first-order chi connectivity index (χ1) is 9.14. The van der Waals surface area contributed by atoms with E-state index in [4.69, 9.17) is 9.66 Å². The number of carboxylic acid groups (broad SMARTS) is 1. The first-order valence-corrected chi connectivity index (χ1v) is 6.81. The molecular weight excluding hydrogens is 313 g/mol. The molecule has 1 aliphatic rings. The first-order valence-electron chi connectivity index (χ1n) is 5.37. The molecule has 0 radical (unpaired) electrons. The Balaban J connectivity index is 0.00000220. The second kappa shape index (κ2) is 5.85. The number of rotatable bonds is 3. The van der Waals surface area contributed by atoms with Crippen LogP contribution in [0.1, 0.15) is 18.7 Å². The molecule has 8 nitrogen and oxygen atoms in total. The Morgan fingerprint density at radius 1 is 1.33 bits per heavy atom. The molecule has 0 fully saturated rings. The molecule has 1 heterocycles. The number of nitrogens with zero attached hydrogens (tertiary/aromatic N) is 1. The quantitative estimate of drug-likeness (QED) is 0.346. The summed E-state index contributed by atoms with van der Waals surface area (Å²) in [5.74, 6) is -3.38. The maximum atomic E-state index is 11.8. The third kappa shape index (κ3) is 3.01. The topological polar surface area (TPSA) is 129 Å². The van der Waals surface area contributed by atoms with Crippen LogP contribution >= 0.6 is 0 Å². The zero-order valence-electron chi connectivity index (χ0n) is 12.1. The van der Waals surface area contributed by atoms with Gasteiger partial charge in [0.05, 0.1) is 16.1 Å². The van der Waals surface area contributed by atoms with Crippen LogP contribution in [0.15, 0.2) is 23.1 Å². The van der Waals surface area contributed by atoms with Crippen molar-refractivity contribution in [3.05, 3.63) is 23.8 Å². The van der Waals surface area contributed by atoms with E-state index in [1.807, 2.05) is 0 Å². The van der Waals surface area contributed by atoms with Crippen molar-refractivity contribution in [2.75, 3.05) is 4.90 Å². The summed E-state index contributed by atoms with van der Waals surface area (Å²) in [6.45, 7) is 1.22. The van der Waals surface area contributed by atoms with Gasteiger partial charge in [-0.25, -0.2) is 4.79 Å². The molecule has 2 N–H and O–H groups in total. The first kappa shape index (κ1) is 17.8. The number of hydrogen-bond donors (Lipinski definition) is 2. The fourth-order valence-electron chi connectivity index (χ4n) is 1.90. The molecule has 10 heteroatoms. The summed E-state index contributed by atoms with van der Waals surface area (Å²) in [5, 5.41) is 8.91. The summed E-state index contributed by atoms with van der Waals surface area (Å²) in [7, 11) is -4.52. The predicted octanol–water partition coefficient (Wildman–Crippen LogP) is -2.95. The molecule has 2 rings (SSSR count). The van der Waals surface area contributed by atoms with E-state index >= 15 is 0 Å². The Labute approximate surface area is 143 Å². The third-order valence-corrected chi connectivity index (χ3v) is 3.78. The molecular formula is C11H10NNaO7S. The number of Topliss-reactive ketones (excluding diaryl/α,β-unsaturated/α-hetero) is 1. The largest absolute Gasteiger partial charge is 1.00 e. The van der Waals surface area contributed by atoms with Crippen molar-refractivity contribution in [2.45, 2.75) is 17.9 Å². The van der Waals surface area contributed by atoms with Crippen LogP contribution in [0.5, 0.6) is 0 Å². The molecule has 1 atom stereocenters. The number of hydrogen-bond acceptors (Lipinski definition) is 5. The van der Waals surface area contributed by atoms with Crippen molar-refractivity contribution in [1.82, 2.24) is 0 Å². The molecule has 0 spiro atoms. The van der Waals surface area contributed by atoms with E-state index in [0.717, 1.165) is 23.1 Å². The Morgan fingerprint density at radius 3 is 2.38 bits per heavy atom. The molecule has 0 aromatic heterocycles. The van der Waals surface area contributed by atoms with Crippen LogP contribution < -0.4 is 34.5 Å². The van der Waals surface area contributed by atoms with Gasteiger partial charge in [0.15, 0.2) is 0 Å². The van der Waals surface area contributed by atoms with Gasteiger partial charge in [0.1, 0.15) is 6.04 Å². The maximum Gasteiger partial charge on any atom is 1.00 e. The molecule has 1 aromatic rings. The summed E-state index contributed by atoms with van der Waals surface area (Å²) in [6.07, 6.45) is 0. The molecule has 0 saturated heterocycles. The predicted molar refractivity (Wildman–Crippen MR) is 66.3 cm³/mol. The van der Waals surface area contributed by atoms with Crippen molar-refractivity contribution in [1.29, 1.82) is 0 Å². The number of carbonyl (C=O) groups is 3. The summed E-state index contributed by atoms with van der Waals surface area (Å²) in [6, 6.07) is 1.67. The number of benzene rings is 1. The molecule has 0 aliphatic carbocycles. The number of ketones is 1. The average molecular weight is 323 g/mol. The number of aliphatic carboxylic acids is 1. The van der Waals surface area contributed by atoms with Crippen LogP contribution in [0.25, 0.3) is 0 Å². The molecule has 1 unspecified atom stereocenters. The van der Waals surface area contributed by atoms with E-state index in [-0.39, 0.29) is 42.2 Å². The molecule has 1 amide bonds. The van der Waals surface area contributed by atoms with E-state index in [1.165, 1.54) is 6.92 Å². The van der Waals surface area contributed by atoms with Gasteiger partial charge in [0.2, 0.25) is 0 Å². The normalized spacial score (nSPS) is 15.4. The molecule has 0 bridgehead atoms. The van der Waals surface area contributed by atoms with Gasteiger partial charge in [-0.2, -0.15) is 8.42 Å². The molecule has 0 saturated carbocycles. The maximum absolute atomic E-state index is 11.8. The Kier molecular flexibility index (Phi) is 4.96. The van der Waals surface area contributed by atoms with Crippen LogP contribution in [-0.2, 0) is 19.7 Å². The number of amides is 1. The van der Waals surface area contributed by atoms with Gasteiger partial charge >= 0.3 is 35.5 Å². The molecule has 108 valence electrons. The van der Waals surface area contributed by atoms with Gasteiger partial charge in [-0.15, -0.1) is 0 Å². The van der Waals surface area contributed by atoms with Crippen molar-refractivity contribution in [3.63, 3.8) is 0 Å². The van der Waals surface area contributed by atoms with Gasteiger partial charge in [0, 0.05) is 0 Å². The fourth-order valence-corrected chi connectivity index (χ4v) is 2.40.